The molecule has 1 aliphatic heterocycles. The Hall–Kier alpha value is -2.27. The third-order valence-corrected chi connectivity index (χ3v) is 5.03. The molecule has 2 rings (SSSR count). The molecule has 0 aliphatic carbocycles. The Labute approximate surface area is 159 Å². The van der Waals surface area contributed by atoms with Gasteiger partial charge in [0.1, 0.15) is 22.7 Å². The van der Waals surface area contributed by atoms with E-state index in [0.29, 0.717) is 11.5 Å². The number of aromatic hydroxyl groups is 1. The van der Waals surface area contributed by atoms with Gasteiger partial charge < -0.3 is 24.9 Å². The molecule has 27 heavy (non-hydrogen) atoms. The Bertz CT molecular complexity index is 861. The summed E-state index contributed by atoms with van der Waals surface area (Å²) in [4.78, 5) is 18.6. The van der Waals surface area contributed by atoms with Crippen LogP contribution in [-0.2, 0) is 4.57 Å². The highest BCUT2D eigenvalue weighted by molar-refractivity contribution is 7.56. The van der Waals surface area contributed by atoms with E-state index >= 15 is 0 Å². The molecular formula is C20H26NO5P. The predicted molar refractivity (Wildman–Crippen MR) is 107 cm³/mol. The first kappa shape index (κ1) is 21.0. The molecule has 0 saturated carbocycles. The first-order valence-electron chi connectivity index (χ1n) is 8.68. The molecule has 1 aromatic rings. The van der Waals surface area contributed by atoms with Crippen LogP contribution in [-0.4, -0.2) is 20.9 Å². The maximum Gasteiger partial charge on any atom is 0.371 e. The lowest BCUT2D eigenvalue weighted by Gasteiger charge is -2.12. The highest BCUT2D eigenvalue weighted by Gasteiger charge is 2.29. The first-order valence-corrected chi connectivity index (χ1v) is 10.3. The van der Waals surface area contributed by atoms with E-state index in [4.69, 9.17) is 4.74 Å². The summed E-state index contributed by atoms with van der Waals surface area (Å²) in [6.45, 7) is 7.62. The zero-order valence-electron chi connectivity index (χ0n) is 15.9. The van der Waals surface area contributed by atoms with E-state index in [2.05, 4.69) is 5.32 Å². The number of phenols is 1. The van der Waals surface area contributed by atoms with Crippen molar-refractivity contribution in [3.05, 3.63) is 70.9 Å². The summed E-state index contributed by atoms with van der Waals surface area (Å²) in [5.74, 6) is 1.71. The van der Waals surface area contributed by atoms with Crippen LogP contribution in [0.2, 0.25) is 0 Å². The molecule has 0 fully saturated rings. The highest BCUT2D eigenvalue weighted by atomic mass is 31.2. The molecule has 0 radical (unpaired) electrons. The summed E-state index contributed by atoms with van der Waals surface area (Å²) in [5.41, 5.74) is 1.53. The first-order chi connectivity index (χ1) is 12.6. The van der Waals surface area contributed by atoms with Gasteiger partial charge in [0, 0.05) is 5.56 Å². The van der Waals surface area contributed by atoms with Crippen molar-refractivity contribution in [1.82, 2.24) is 5.32 Å². The maximum absolute atomic E-state index is 11.4. The second kappa shape index (κ2) is 8.61. The lowest BCUT2D eigenvalue weighted by molar-refractivity contribution is 0.379. The molecule has 1 aliphatic rings. The highest BCUT2D eigenvalue weighted by Crippen LogP contribution is 2.46. The lowest BCUT2D eigenvalue weighted by Crippen LogP contribution is -2.21. The molecule has 6 nitrogen and oxygen atoms in total. The van der Waals surface area contributed by atoms with Crippen molar-refractivity contribution in [3.8, 4) is 11.5 Å². The molecule has 1 heterocycles. The predicted octanol–water partition coefficient (Wildman–Crippen LogP) is 4.29. The van der Waals surface area contributed by atoms with Crippen LogP contribution in [0.5, 0.6) is 11.5 Å². The van der Waals surface area contributed by atoms with Crippen LogP contribution in [0.15, 0.2) is 65.3 Å². The van der Waals surface area contributed by atoms with Gasteiger partial charge >= 0.3 is 7.60 Å². The van der Waals surface area contributed by atoms with Crippen molar-refractivity contribution >= 4 is 7.60 Å². The summed E-state index contributed by atoms with van der Waals surface area (Å²) >= 11 is 0. The summed E-state index contributed by atoms with van der Waals surface area (Å²) in [6, 6.07) is 4.83. The molecule has 1 atom stereocenters. The van der Waals surface area contributed by atoms with Crippen LogP contribution >= 0.6 is 7.60 Å². The van der Waals surface area contributed by atoms with E-state index in [1.807, 2.05) is 39.8 Å². The average Bonchev–Trinajstić information content (AvgIpc) is 3.00. The topological polar surface area (TPSA) is 99.0 Å². The molecule has 4 N–H and O–H groups in total. The van der Waals surface area contributed by atoms with Crippen LogP contribution in [0.1, 0.15) is 39.2 Å². The minimum Gasteiger partial charge on any atom is -0.508 e. The number of hydrogen-bond donors (Lipinski definition) is 4. The smallest absolute Gasteiger partial charge is 0.371 e. The van der Waals surface area contributed by atoms with Gasteiger partial charge in [-0.1, -0.05) is 32.1 Å². The molecule has 0 amide bonds. The molecule has 7 heteroatoms. The number of benzene rings is 1. The van der Waals surface area contributed by atoms with E-state index in [-0.39, 0.29) is 23.1 Å². The Morgan fingerprint density at radius 1 is 1.33 bits per heavy atom. The Kier molecular flexibility index (Phi) is 6.71. The Balaban J connectivity index is 2.06. The van der Waals surface area contributed by atoms with E-state index in [0.717, 1.165) is 11.1 Å². The van der Waals surface area contributed by atoms with Crippen LogP contribution in [0.25, 0.3) is 0 Å². The van der Waals surface area contributed by atoms with Gasteiger partial charge in [-0.2, -0.15) is 0 Å². The van der Waals surface area contributed by atoms with Crippen molar-refractivity contribution in [3.63, 3.8) is 0 Å². The van der Waals surface area contributed by atoms with Gasteiger partial charge in [0.05, 0.1) is 6.04 Å². The standard InChI is InChI=1S/C20H26NO5P/c1-5-15-11-20(27(23,24)25)21-18(15)8-6-7-14(4)26-16-9-10-19(22)17(12-16)13(2)3/h5-13,18,21-22H,1-4H3,(H2,23,24,25)/b8-6?,14-7+,15-5+. The summed E-state index contributed by atoms with van der Waals surface area (Å²) < 4.78 is 17.2. The second-order valence-electron chi connectivity index (χ2n) is 6.62. The minimum atomic E-state index is -4.30. The SMILES string of the molecule is C/C=C1\C=C(P(=O)(O)O)NC1C=C/C=C(\C)Oc1ccc(O)c(C(C)C)c1. The van der Waals surface area contributed by atoms with Crippen molar-refractivity contribution < 1.29 is 24.2 Å². The number of nitrogens with one attached hydrogen (secondary N) is 1. The van der Waals surface area contributed by atoms with Crippen molar-refractivity contribution in [1.29, 1.82) is 0 Å². The molecule has 0 aromatic heterocycles. The van der Waals surface area contributed by atoms with Crippen LogP contribution in [0.4, 0.5) is 0 Å². The largest absolute Gasteiger partial charge is 0.508 e. The van der Waals surface area contributed by atoms with E-state index in [1.165, 1.54) is 6.08 Å². The van der Waals surface area contributed by atoms with Gasteiger partial charge in [0.2, 0.25) is 0 Å². The van der Waals surface area contributed by atoms with Gasteiger partial charge in [0.15, 0.2) is 0 Å². The van der Waals surface area contributed by atoms with Gasteiger partial charge in [-0.15, -0.1) is 0 Å². The monoisotopic (exact) mass is 391 g/mol. The molecule has 1 unspecified atom stereocenters. The fraction of sp³-hybridized carbons (Fsp3) is 0.300. The molecule has 0 bridgehead atoms. The number of allylic oxidation sites excluding steroid dienone is 4. The van der Waals surface area contributed by atoms with E-state index in [1.54, 1.807) is 30.4 Å². The molecule has 1 aromatic carbocycles. The molecular weight excluding hydrogens is 365 g/mol. The van der Waals surface area contributed by atoms with E-state index in [9.17, 15) is 19.5 Å². The number of ether oxygens (including phenoxy) is 1. The molecule has 146 valence electrons. The normalized spacial score (nSPS) is 19.7. The summed E-state index contributed by atoms with van der Waals surface area (Å²) in [7, 11) is -4.30. The Morgan fingerprint density at radius 2 is 2.04 bits per heavy atom. The van der Waals surface area contributed by atoms with Crippen molar-refractivity contribution in [2.45, 2.75) is 39.7 Å². The third-order valence-electron chi connectivity index (χ3n) is 4.15. The fourth-order valence-corrected chi connectivity index (χ4v) is 3.33. The average molecular weight is 391 g/mol. The van der Waals surface area contributed by atoms with Gasteiger partial charge in [-0.25, -0.2) is 0 Å². The number of rotatable bonds is 6. The van der Waals surface area contributed by atoms with Gasteiger partial charge in [0.25, 0.3) is 0 Å². The van der Waals surface area contributed by atoms with Crippen LogP contribution < -0.4 is 10.1 Å². The quantitative estimate of drug-likeness (QED) is 0.328. The van der Waals surface area contributed by atoms with Crippen LogP contribution in [0, 0.1) is 0 Å². The van der Waals surface area contributed by atoms with Crippen LogP contribution in [0.3, 0.4) is 0 Å². The third kappa shape index (κ3) is 5.60. The maximum atomic E-state index is 11.4. The zero-order valence-corrected chi connectivity index (χ0v) is 16.8. The lowest BCUT2D eigenvalue weighted by atomic mass is 10.0. The van der Waals surface area contributed by atoms with Crippen molar-refractivity contribution in [2.75, 3.05) is 0 Å². The minimum absolute atomic E-state index is 0.0764. The van der Waals surface area contributed by atoms with Gasteiger partial charge in [-0.3, -0.25) is 4.57 Å². The van der Waals surface area contributed by atoms with Gasteiger partial charge in [-0.05, 0) is 55.7 Å². The summed E-state index contributed by atoms with van der Waals surface area (Å²) in [6.07, 6.45) is 8.63. The fourth-order valence-electron chi connectivity index (χ4n) is 2.70. The Morgan fingerprint density at radius 3 is 2.63 bits per heavy atom. The second-order valence-corrected chi connectivity index (χ2v) is 8.19. The van der Waals surface area contributed by atoms with Crippen molar-refractivity contribution in [2.24, 2.45) is 0 Å². The zero-order chi connectivity index (χ0) is 20.2. The molecule has 0 spiro atoms. The molecule has 0 saturated heterocycles. The number of phenolic OH excluding ortho intramolecular Hbond substituents is 1. The van der Waals surface area contributed by atoms with E-state index < -0.39 is 7.60 Å². The number of hydrogen-bond acceptors (Lipinski definition) is 4. The summed E-state index contributed by atoms with van der Waals surface area (Å²) in [5, 5.41) is 12.7.